The number of aliphatic hydroxyl groups is 1. The molecule has 3 N–H and O–H groups in total. The summed E-state index contributed by atoms with van der Waals surface area (Å²) in [5.74, 6) is -0.346. The molecule has 4 bridgehead atoms. The minimum absolute atomic E-state index is 0.00191. The fourth-order valence-corrected chi connectivity index (χ4v) is 6.50. The van der Waals surface area contributed by atoms with Gasteiger partial charge in [0, 0.05) is 24.2 Å². The number of ether oxygens (including phenoxy) is 1. The zero-order valence-corrected chi connectivity index (χ0v) is 17.3. The van der Waals surface area contributed by atoms with Gasteiger partial charge in [-0.25, -0.2) is 0 Å². The van der Waals surface area contributed by atoms with Crippen molar-refractivity contribution in [2.24, 2.45) is 23.7 Å². The lowest BCUT2D eigenvalue weighted by Gasteiger charge is -2.40. The normalized spacial score (nSPS) is 37.5. The van der Waals surface area contributed by atoms with Gasteiger partial charge in [-0.2, -0.15) is 0 Å². The monoisotopic (exact) mass is 425 g/mol. The number of nitrogens with zero attached hydrogens (tertiary/aromatic N) is 1. The van der Waals surface area contributed by atoms with E-state index in [0.29, 0.717) is 31.4 Å². The van der Waals surface area contributed by atoms with Gasteiger partial charge in [0.05, 0.1) is 36.7 Å². The fourth-order valence-electron chi connectivity index (χ4n) is 6.50. The Morgan fingerprint density at radius 3 is 2.65 bits per heavy atom. The van der Waals surface area contributed by atoms with Gasteiger partial charge in [0.15, 0.2) is 0 Å². The molecule has 0 unspecified atom stereocenters. The molecule has 0 spiro atoms. The van der Waals surface area contributed by atoms with Gasteiger partial charge in [0.25, 0.3) is 0 Å². The highest BCUT2D eigenvalue weighted by atomic mass is 16.5. The fraction of sp³-hybridized carbons (Fsp3) is 0.609. The molecule has 6 rings (SSSR count). The minimum atomic E-state index is -0.505. The van der Waals surface area contributed by atoms with Gasteiger partial charge >= 0.3 is 0 Å². The Kier molecular flexibility index (Phi) is 4.37. The standard InChI is InChI=1S/C23H27N3O5/c27-17-10-31-18-7-16(17)25-15-4-1-11(5-14(15)18)8-24-19(28)9-26-22(29)20-12-2-3-13(6-12)21(20)23(26)30/h1,4-5,12-13,16-18,20-21,25,27H,2-3,6-10H2,(H,24,28)/t12-,13+,16-,17-,18-,20+,21-/m1/s1. The number of fused-ring (bicyclic) bond motifs is 9. The number of imide groups is 1. The Balaban J connectivity index is 1.09. The second-order valence-corrected chi connectivity index (χ2v) is 9.72. The van der Waals surface area contributed by atoms with Crippen molar-refractivity contribution < 1.29 is 24.2 Å². The largest absolute Gasteiger partial charge is 0.389 e. The van der Waals surface area contributed by atoms with E-state index in [1.165, 1.54) is 4.90 Å². The second kappa shape index (κ2) is 7.03. The van der Waals surface area contributed by atoms with Gasteiger partial charge in [0.1, 0.15) is 6.54 Å². The van der Waals surface area contributed by atoms with Crippen LogP contribution in [-0.4, -0.2) is 53.0 Å². The van der Waals surface area contributed by atoms with Crippen LogP contribution in [0.2, 0.25) is 0 Å². The quantitative estimate of drug-likeness (QED) is 0.620. The van der Waals surface area contributed by atoms with E-state index < -0.39 is 6.10 Å². The average molecular weight is 425 g/mol. The number of hydrogen-bond acceptors (Lipinski definition) is 6. The molecule has 3 aliphatic heterocycles. The number of nitrogens with one attached hydrogen (secondary N) is 2. The van der Waals surface area contributed by atoms with Crippen LogP contribution >= 0.6 is 0 Å². The van der Waals surface area contributed by atoms with Crippen molar-refractivity contribution in [2.75, 3.05) is 18.5 Å². The first kappa shape index (κ1) is 19.3. The first-order valence-corrected chi connectivity index (χ1v) is 11.3. The molecule has 7 atom stereocenters. The summed E-state index contributed by atoms with van der Waals surface area (Å²) in [5, 5.41) is 16.2. The molecule has 2 saturated carbocycles. The average Bonchev–Trinajstić information content (AvgIpc) is 3.45. The molecule has 2 aliphatic carbocycles. The van der Waals surface area contributed by atoms with Crippen molar-refractivity contribution in [1.29, 1.82) is 0 Å². The van der Waals surface area contributed by atoms with Gasteiger partial charge in [-0.3, -0.25) is 19.3 Å². The molecule has 2 saturated heterocycles. The lowest BCUT2D eigenvalue weighted by Crippen LogP contribution is -2.46. The number of benzene rings is 1. The van der Waals surface area contributed by atoms with Crippen LogP contribution in [0.1, 0.15) is 42.9 Å². The van der Waals surface area contributed by atoms with E-state index >= 15 is 0 Å². The van der Waals surface area contributed by atoms with E-state index in [1.54, 1.807) is 0 Å². The van der Waals surface area contributed by atoms with Gasteiger partial charge in [-0.05, 0) is 48.8 Å². The van der Waals surface area contributed by atoms with E-state index in [2.05, 4.69) is 10.6 Å². The zero-order valence-electron chi connectivity index (χ0n) is 17.3. The highest BCUT2D eigenvalue weighted by molar-refractivity contribution is 6.08. The first-order valence-electron chi connectivity index (χ1n) is 11.3. The van der Waals surface area contributed by atoms with Crippen LogP contribution in [0.4, 0.5) is 5.69 Å². The summed E-state index contributed by atoms with van der Waals surface area (Å²) in [6.07, 6.45) is 3.20. The van der Waals surface area contributed by atoms with Gasteiger partial charge in [-0.15, -0.1) is 0 Å². The third-order valence-electron chi connectivity index (χ3n) is 8.01. The summed E-state index contributed by atoms with van der Waals surface area (Å²) in [6, 6.07) is 5.88. The molecule has 164 valence electrons. The lowest BCUT2D eigenvalue weighted by atomic mass is 9.81. The van der Waals surface area contributed by atoms with Crippen molar-refractivity contribution in [3.05, 3.63) is 29.3 Å². The van der Waals surface area contributed by atoms with Crippen LogP contribution in [0.15, 0.2) is 18.2 Å². The molecule has 4 fully saturated rings. The molecule has 3 amide bonds. The smallest absolute Gasteiger partial charge is 0.240 e. The summed E-state index contributed by atoms with van der Waals surface area (Å²) >= 11 is 0. The number of carbonyl (C=O) groups excluding carboxylic acids is 3. The zero-order chi connectivity index (χ0) is 21.3. The molecule has 1 aromatic carbocycles. The third kappa shape index (κ3) is 2.99. The summed E-state index contributed by atoms with van der Waals surface area (Å²) in [6.45, 7) is 0.436. The van der Waals surface area contributed by atoms with Crippen molar-refractivity contribution in [1.82, 2.24) is 10.2 Å². The van der Waals surface area contributed by atoms with E-state index in [1.807, 2.05) is 18.2 Å². The molecule has 5 aliphatic rings. The van der Waals surface area contributed by atoms with Gasteiger partial charge in [0.2, 0.25) is 17.7 Å². The number of likely N-dealkylation sites (tertiary alicyclic amines) is 1. The summed E-state index contributed by atoms with van der Waals surface area (Å²) < 4.78 is 5.78. The summed E-state index contributed by atoms with van der Waals surface area (Å²) in [7, 11) is 0. The van der Waals surface area contributed by atoms with Crippen LogP contribution in [0.5, 0.6) is 0 Å². The Bertz CT molecular complexity index is 937. The van der Waals surface area contributed by atoms with E-state index in [0.717, 1.165) is 36.1 Å². The summed E-state index contributed by atoms with van der Waals surface area (Å²) in [5.41, 5.74) is 2.91. The van der Waals surface area contributed by atoms with Crippen LogP contribution < -0.4 is 10.6 Å². The Hall–Kier alpha value is -2.45. The lowest BCUT2D eigenvalue weighted by molar-refractivity contribution is -0.144. The highest BCUT2D eigenvalue weighted by Crippen LogP contribution is 2.56. The Morgan fingerprint density at radius 2 is 1.90 bits per heavy atom. The number of anilines is 1. The molecule has 0 aromatic heterocycles. The van der Waals surface area contributed by atoms with Gasteiger partial charge < -0.3 is 20.5 Å². The number of amides is 3. The molecule has 1 aromatic rings. The Morgan fingerprint density at radius 1 is 1.16 bits per heavy atom. The van der Waals surface area contributed by atoms with Crippen molar-refractivity contribution >= 4 is 23.4 Å². The highest BCUT2D eigenvalue weighted by Gasteiger charge is 2.60. The predicted molar refractivity (Wildman–Crippen MR) is 110 cm³/mol. The second-order valence-electron chi connectivity index (χ2n) is 9.72. The topological polar surface area (TPSA) is 108 Å². The Labute approximate surface area is 180 Å². The first-order chi connectivity index (χ1) is 15.0. The molecule has 8 nitrogen and oxygen atoms in total. The van der Waals surface area contributed by atoms with E-state index in [4.69, 9.17) is 4.74 Å². The van der Waals surface area contributed by atoms with E-state index in [-0.39, 0.29) is 48.2 Å². The van der Waals surface area contributed by atoms with Crippen molar-refractivity contribution in [3.63, 3.8) is 0 Å². The van der Waals surface area contributed by atoms with Crippen LogP contribution in [0, 0.1) is 23.7 Å². The molecule has 3 heterocycles. The van der Waals surface area contributed by atoms with Crippen molar-refractivity contribution in [2.45, 2.75) is 50.5 Å². The van der Waals surface area contributed by atoms with E-state index in [9.17, 15) is 19.5 Å². The number of aliphatic hydroxyl groups excluding tert-OH is 1. The molecule has 8 heteroatoms. The molecule has 31 heavy (non-hydrogen) atoms. The van der Waals surface area contributed by atoms with Crippen molar-refractivity contribution in [3.8, 4) is 0 Å². The third-order valence-corrected chi connectivity index (χ3v) is 8.01. The number of rotatable bonds is 4. The molecule has 0 radical (unpaired) electrons. The maximum Gasteiger partial charge on any atom is 0.240 e. The van der Waals surface area contributed by atoms with Crippen LogP contribution in [-0.2, 0) is 25.7 Å². The van der Waals surface area contributed by atoms with Crippen LogP contribution in [0.25, 0.3) is 0 Å². The van der Waals surface area contributed by atoms with Crippen LogP contribution in [0.3, 0.4) is 0 Å². The molecular weight excluding hydrogens is 398 g/mol. The van der Waals surface area contributed by atoms with Gasteiger partial charge in [-0.1, -0.05) is 6.07 Å². The maximum atomic E-state index is 12.8. The SMILES string of the molecule is O=C(CN1C(=O)[C@@H]2[C@H]3CC[C@H](C3)[C@@H]2C1=O)NCc1ccc2c(c1)[C@H]1C[C@@H](N2)[C@H](O)CO1. The minimum Gasteiger partial charge on any atom is -0.389 e. The summed E-state index contributed by atoms with van der Waals surface area (Å²) in [4.78, 5) is 39.3. The maximum absolute atomic E-state index is 12.8. The number of hydrogen-bond donors (Lipinski definition) is 3. The molecular formula is C23H27N3O5. The predicted octanol–water partition coefficient (Wildman–Crippen LogP) is 0.950. The number of carbonyl (C=O) groups is 3.